The van der Waals surface area contributed by atoms with E-state index < -0.39 is 62.0 Å². The minimum Gasteiger partial charge on any atom is -0.414 e. The third-order valence-corrected chi connectivity index (χ3v) is 19.9. The van der Waals surface area contributed by atoms with E-state index in [1.807, 2.05) is 13.1 Å². The SMILES string of the molecule is CNC1=C(C)S(=O)(=O)OC12[C@@H](CO[Si](C)(C)C(C)(C)C)O[C@@H](n1cc(C)c(=O)n(C)c1=O)[C@@H]2O[Si](C)(C)C(C)(C)C. The summed E-state index contributed by atoms with van der Waals surface area (Å²) in [5.41, 5.74) is -2.06. The van der Waals surface area contributed by atoms with Crippen molar-refractivity contribution in [2.24, 2.45) is 7.05 Å². The van der Waals surface area contributed by atoms with E-state index in [-0.39, 0.29) is 21.6 Å². The largest absolute Gasteiger partial charge is 0.414 e. The molecule has 3 heterocycles. The Balaban J connectivity index is 2.36. The summed E-state index contributed by atoms with van der Waals surface area (Å²) in [5.74, 6) is 0. The molecule has 1 aromatic rings. The molecule has 0 aromatic carbocycles. The zero-order valence-electron chi connectivity index (χ0n) is 27.1. The minimum absolute atomic E-state index is 0.0117. The molecule has 14 heteroatoms. The van der Waals surface area contributed by atoms with Crippen LogP contribution in [-0.4, -0.2) is 65.7 Å². The molecular weight excluding hydrogens is 583 g/mol. The molecule has 0 amide bonds. The van der Waals surface area contributed by atoms with Crippen molar-refractivity contribution in [2.75, 3.05) is 13.7 Å². The molecule has 2 aliphatic heterocycles. The molecule has 41 heavy (non-hydrogen) atoms. The van der Waals surface area contributed by atoms with Gasteiger partial charge in [0.05, 0.1) is 17.2 Å². The van der Waals surface area contributed by atoms with Crippen LogP contribution >= 0.6 is 0 Å². The molecule has 1 unspecified atom stereocenters. The summed E-state index contributed by atoms with van der Waals surface area (Å²) in [7, 11) is -6.11. The number of allylic oxidation sites excluding steroid dienone is 1. The van der Waals surface area contributed by atoms with E-state index in [0.29, 0.717) is 11.3 Å². The first kappa shape index (κ1) is 33.9. The molecule has 1 spiro atoms. The molecule has 0 aliphatic carbocycles. The average molecular weight is 632 g/mol. The highest BCUT2D eigenvalue weighted by atomic mass is 32.2. The van der Waals surface area contributed by atoms with Gasteiger partial charge in [0.15, 0.2) is 28.5 Å². The maximum absolute atomic E-state index is 13.5. The van der Waals surface area contributed by atoms with Crippen molar-refractivity contribution in [1.29, 1.82) is 0 Å². The van der Waals surface area contributed by atoms with Crippen LogP contribution in [0.1, 0.15) is 60.3 Å². The molecule has 4 atom stereocenters. The van der Waals surface area contributed by atoms with Gasteiger partial charge < -0.3 is 18.9 Å². The lowest BCUT2D eigenvalue weighted by atomic mass is 9.88. The Kier molecular flexibility index (Phi) is 8.74. The standard InChI is InChI=1S/C27H49N3O8SSi2/c1-17-15-30(24(32)29(10)22(17)31)23-21(37-41(13,14)26(6,7)8)27(20(28-9)18(2)39(33,34)38-27)19(36-23)16-35-40(11,12)25(3,4)5/h15,19,21,23,28H,16H2,1-14H3/t19-,21+,23-,27?/m1/s1. The Morgan fingerprint density at radius 1 is 1.02 bits per heavy atom. The molecule has 0 bridgehead atoms. The number of likely N-dealkylation sites (N-methyl/N-ethyl adjacent to an activating group) is 1. The third-order valence-electron chi connectivity index (χ3n) is 9.47. The van der Waals surface area contributed by atoms with E-state index in [1.165, 1.54) is 24.7 Å². The Bertz CT molecular complexity index is 1450. The number of ether oxygens (including phenoxy) is 1. The fraction of sp³-hybridized carbons (Fsp3) is 0.778. The van der Waals surface area contributed by atoms with Gasteiger partial charge in [0.2, 0.25) is 0 Å². The summed E-state index contributed by atoms with van der Waals surface area (Å²) in [5, 5.41) is 2.68. The first-order valence-corrected chi connectivity index (χ1v) is 21.2. The fourth-order valence-corrected chi connectivity index (χ4v) is 8.30. The number of hydrogen-bond acceptors (Lipinski definition) is 9. The highest BCUT2D eigenvalue weighted by molar-refractivity contribution is 7.91. The normalized spacial score (nSPS) is 27.2. The summed E-state index contributed by atoms with van der Waals surface area (Å²) >= 11 is 0. The zero-order chi connectivity index (χ0) is 31.7. The van der Waals surface area contributed by atoms with Crippen molar-refractivity contribution < 1.29 is 26.2 Å². The maximum Gasteiger partial charge on any atom is 0.332 e. The average Bonchev–Trinajstić information content (AvgIpc) is 3.21. The molecule has 0 saturated carbocycles. The van der Waals surface area contributed by atoms with Crippen molar-refractivity contribution in [3.63, 3.8) is 0 Å². The fourth-order valence-electron chi connectivity index (χ4n) is 4.74. The zero-order valence-corrected chi connectivity index (χ0v) is 29.9. The van der Waals surface area contributed by atoms with Crippen molar-refractivity contribution in [1.82, 2.24) is 14.5 Å². The summed E-state index contributed by atoms with van der Waals surface area (Å²) in [6.07, 6.45) is -1.70. The van der Waals surface area contributed by atoms with Crippen LogP contribution < -0.4 is 16.6 Å². The predicted octanol–water partition coefficient (Wildman–Crippen LogP) is 3.71. The smallest absolute Gasteiger partial charge is 0.332 e. The van der Waals surface area contributed by atoms with Crippen molar-refractivity contribution >= 4 is 26.8 Å². The summed E-state index contributed by atoms with van der Waals surface area (Å²) in [6.45, 7) is 24.0. The highest BCUT2D eigenvalue weighted by Gasteiger charge is 2.69. The lowest BCUT2D eigenvalue weighted by Gasteiger charge is -2.44. The molecule has 0 radical (unpaired) electrons. The molecule has 1 N–H and O–H groups in total. The Morgan fingerprint density at radius 2 is 1.56 bits per heavy atom. The number of nitrogens with one attached hydrogen (secondary N) is 1. The van der Waals surface area contributed by atoms with E-state index in [4.69, 9.17) is 17.8 Å². The quantitative estimate of drug-likeness (QED) is 0.354. The third kappa shape index (κ3) is 5.61. The van der Waals surface area contributed by atoms with Crippen LogP contribution in [0.15, 0.2) is 26.4 Å². The molecule has 1 saturated heterocycles. The number of hydrogen-bond donors (Lipinski definition) is 1. The van der Waals surface area contributed by atoms with Gasteiger partial charge in [0, 0.05) is 25.9 Å². The molecular formula is C27H49N3O8SSi2. The predicted molar refractivity (Wildman–Crippen MR) is 164 cm³/mol. The van der Waals surface area contributed by atoms with E-state index in [2.05, 4.69) is 60.0 Å². The molecule has 3 rings (SSSR count). The maximum atomic E-state index is 13.5. The van der Waals surface area contributed by atoms with Crippen LogP contribution in [0.3, 0.4) is 0 Å². The van der Waals surface area contributed by atoms with Gasteiger partial charge in [-0.15, -0.1) is 0 Å². The second-order valence-corrected chi connectivity index (χ2v) is 25.5. The van der Waals surface area contributed by atoms with Gasteiger partial charge in [0.25, 0.3) is 15.7 Å². The highest BCUT2D eigenvalue weighted by Crippen LogP contribution is 2.54. The lowest BCUT2D eigenvalue weighted by Crippen LogP contribution is -2.59. The van der Waals surface area contributed by atoms with Crippen LogP contribution in [0.25, 0.3) is 0 Å². The number of aryl methyl sites for hydroxylation is 1. The van der Waals surface area contributed by atoms with Gasteiger partial charge in [-0.25, -0.2) is 8.98 Å². The monoisotopic (exact) mass is 631 g/mol. The Morgan fingerprint density at radius 3 is 2.05 bits per heavy atom. The van der Waals surface area contributed by atoms with E-state index >= 15 is 0 Å². The van der Waals surface area contributed by atoms with Crippen LogP contribution in [0, 0.1) is 6.92 Å². The van der Waals surface area contributed by atoms with E-state index in [9.17, 15) is 18.0 Å². The van der Waals surface area contributed by atoms with Crippen LogP contribution in [-0.2, 0) is 34.9 Å². The second-order valence-electron chi connectivity index (χ2n) is 14.3. The first-order valence-electron chi connectivity index (χ1n) is 14.0. The van der Waals surface area contributed by atoms with Crippen molar-refractivity contribution in [2.45, 2.75) is 116 Å². The Hall–Kier alpha value is -1.56. The molecule has 1 fully saturated rings. The molecule has 2 aliphatic rings. The summed E-state index contributed by atoms with van der Waals surface area (Å²) in [6, 6.07) is 0. The van der Waals surface area contributed by atoms with Crippen LogP contribution in [0.5, 0.6) is 0 Å². The van der Waals surface area contributed by atoms with Crippen molar-refractivity contribution in [3.8, 4) is 0 Å². The van der Waals surface area contributed by atoms with Gasteiger partial charge in [0.1, 0.15) is 12.2 Å². The summed E-state index contributed by atoms with van der Waals surface area (Å²) < 4.78 is 55.5. The van der Waals surface area contributed by atoms with Crippen molar-refractivity contribution in [3.05, 3.63) is 43.2 Å². The Labute approximate surface area is 246 Å². The van der Waals surface area contributed by atoms with Gasteiger partial charge in [-0.05, 0) is 50.1 Å². The van der Waals surface area contributed by atoms with Gasteiger partial charge in [-0.3, -0.25) is 13.9 Å². The van der Waals surface area contributed by atoms with E-state index in [1.54, 1.807) is 14.0 Å². The lowest BCUT2D eigenvalue weighted by molar-refractivity contribution is -0.0572. The molecule has 1 aromatic heterocycles. The second kappa shape index (κ2) is 10.6. The molecule has 234 valence electrons. The number of nitrogens with zero attached hydrogens (tertiary/aromatic N) is 2. The van der Waals surface area contributed by atoms with Gasteiger partial charge in [-0.1, -0.05) is 41.5 Å². The minimum atomic E-state index is -4.17. The number of rotatable bonds is 7. The first-order chi connectivity index (χ1) is 18.4. The van der Waals surface area contributed by atoms with E-state index in [0.717, 1.165) is 4.57 Å². The topological polar surface area (TPSA) is 127 Å². The summed E-state index contributed by atoms with van der Waals surface area (Å²) in [4.78, 5) is 26.1. The van der Waals surface area contributed by atoms with Crippen LogP contribution in [0.4, 0.5) is 0 Å². The van der Waals surface area contributed by atoms with Gasteiger partial charge in [-0.2, -0.15) is 8.42 Å². The number of aromatic nitrogens is 2. The molecule has 11 nitrogen and oxygen atoms in total. The van der Waals surface area contributed by atoms with Crippen LogP contribution in [0.2, 0.25) is 36.3 Å². The van der Waals surface area contributed by atoms with Gasteiger partial charge >= 0.3 is 5.69 Å².